The van der Waals surface area contributed by atoms with Crippen LogP contribution in [0, 0.1) is 18.8 Å². The average Bonchev–Trinajstić information content (AvgIpc) is 2.66. The molecule has 0 radical (unpaired) electrons. The molecule has 0 aliphatic heterocycles. The quantitative estimate of drug-likeness (QED) is 0.403. The summed E-state index contributed by atoms with van der Waals surface area (Å²) in [7, 11) is 0. The van der Waals surface area contributed by atoms with Crippen LogP contribution in [0.3, 0.4) is 0 Å². The average molecular weight is 396 g/mol. The molecule has 1 unspecified atom stereocenters. The molecular weight excluding hydrogens is 366 g/mol. The first-order valence-corrected chi connectivity index (χ1v) is 10.1. The zero-order chi connectivity index (χ0) is 20.7. The number of nitrogens with one attached hydrogen (secondary N) is 1. The third kappa shape index (κ3) is 6.10. The Morgan fingerprint density at radius 1 is 1.39 bits per heavy atom. The van der Waals surface area contributed by atoms with Crippen molar-refractivity contribution in [2.45, 2.75) is 39.7 Å². The second kappa shape index (κ2) is 10.3. The standard InChI is InChI=1S/C25H30ClNO/c1-6-23(27-25(28)19(5)20-11-13-22(26)14-12-20)16-21(15-17(2)3)24-10-8-7-9-18(24)4/h6-11,13-15,19-20,23H,1-2,12,16H2,3-5H3,(H,27,28)/b21-15-/t19?,20-,23-/m1/s1. The number of benzene rings is 1. The van der Waals surface area contributed by atoms with Crippen molar-refractivity contribution in [1.29, 1.82) is 0 Å². The molecule has 1 N–H and O–H groups in total. The smallest absolute Gasteiger partial charge is 0.223 e. The first kappa shape index (κ1) is 22.0. The van der Waals surface area contributed by atoms with E-state index in [1.54, 1.807) is 0 Å². The fraction of sp³-hybridized carbons (Fsp3) is 0.320. The van der Waals surface area contributed by atoms with Crippen molar-refractivity contribution >= 4 is 23.1 Å². The summed E-state index contributed by atoms with van der Waals surface area (Å²) in [5.74, 6) is 0.0620. The zero-order valence-electron chi connectivity index (χ0n) is 17.0. The molecule has 0 aromatic heterocycles. The summed E-state index contributed by atoms with van der Waals surface area (Å²) in [6.07, 6.45) is 11.2. The minimum Gasteiger partial charge on any atom is -0.349 e. The highest BCUT2D eigenvalue weighted by Crippen LogP contribution is 2.27. The Kier molecular flexibility index (Phi) is 8.07. The maximum atomic E-state index is 12.8. The molecular formula is C25H30ClNO. The van der Waals surface area contributed by atoms with Gasteiger partial charge in [-0.05, 0) is 55.4 Å². The van der Waals surface area contributed by atoms with Crippen LogP contribution in [0.25, 0.3) is 5.57 Å². The number of amides is 1. The monoisotopic (exact) mass is 395 g/mol. The molecule has 0 saturated carbocycles. The predicted octanol–water partition coefficient (Wildman–Crippen LogP) is 6.35. The fourth-order valence-corrected chi connectivity index (χ4v) is 3.56. The normalized spacial score (nSPS) is 18.8. The summed E-state index contributed by atoms with van der Waals surface area (Å²) in [6, 6.07) is 8.12. The van der Waals surface area contributed by atoms with Crippen LogP contribution in [0.5, 0.6) is 0 Å². The van der Waals surface area contributed by atoms with E-state index >= 15 is 0 Å². The molecule has 1 amide bonds. The van der Waals surface area contributed by atoms with Crippen molar-refractivity contribution in [3.8, 4) is 0 Å². The molecule has 28 heavy (non-hydrogen) atoms. The summed E-state index contributed by atoms with van der Waals surface area (Å²) in [5, 5.41) is 3.89. The first-order valence-electron chi connectivity index (χ1n) is 9.70. The van der Waals surface area contributed by atoms with Gasteiger partial charge in [-0.25, -0.2) is 0 Å². The van der Waals surface area contributed by atoms with Crippen molar-refractivity contribution in [1.82, 2.24) is 5.32 Å². The van der Waals surface area contributed by atoms with E-state index in [4.69, 9.17) is 11.6 Å². The Labute approximate surface area is 174 Å². The van der Waals surface area contributed by atoms with Gasteiger partial charge in [-0.15, -0.1) is 6.58 Å². The second-order valence-corrected chi connectivity index (χ2v) is 7.96. The van der Waals surface area contributed by atoms with Crippen molar-refractivity contribution in [2.75, 3.05) is 0 Å². The van der Waals surface area contributed by atoms with Gasteiger partial charge in [0.2, 0.25) is 5.91 Å². The summed E-state index contributed by atoms with van der Waals surface area (Å²) in [6.45, 7) is 14.0. The lowest BCUT2D eigenvalue weighted by atomic mass is 9.87. The Morgan fingerprint density at radius 2 is 2.11 bits per heavy atom. The van der Waals surface area contributed by atoms with Crippen LogP contribution in [0.15, 0.2) is 78.4 Å². The van der Waals surface area contributed by atoms with Crippen LogP contribution in [-0.4, -0.2) is 11.9 Å². The van der Waals surface area contributed by atoms with Gasteiger partial charge in [-0.1, -0.05) is 79.2 Å². The van der Waals surface area contributed by atoms with E-state index in [0.717, 1.165) is 22.6 Å². The SMILES string of the molecule is C=C[C@H](C/C(=C/C(=C)C)c1ccccc1C)NC(=O)C(C)[C@@H]1C=CC(Cl)=CC1. The Hall–Kier alpha value is -2.32. The number of allylic oxidation sites excluding steroid dienone is 6. The van der Waals surface area contributed by atoms with E-state index in [2.05, 4.69) is 43.6 Å². The van der Waals surface area contributed by atoms with Gasteiger partial charge in [0.05, 0.1) is 6.04 Å². The first-order chi connectivity index (χ1) is 13.3. The lowest BCUT2D eigenvalue weighted by Gasteiger charge is -2.24. The number of hydrogen-bond donors (Lipinski definition) is 1. The molecule has 3 heteroatoms. The van der Waals surface area contributed by atoms with E-state index in [-0.39, 0.29) is 23.8 Å². The molecule has 0 heterocycles. The molecule has 0 saturated heterocycles. The minimum absolute atomic E-state index is 0.0328. The number of aryl methyl sites for hydroxylation is 1. The van der Waals surface area contributed by atoms with E-state index in [9.17, 15) is 4.79 Å². The van der Waals surface area contributed by atoms with Gasteiger partial charge < -0.3 is 5.32 Å². The summed E-state index contributed by atoms with van der Waals surface area (Å²) < 4.78 is 0. The van der Waals surface area contributed by atoms with Crippen molar-refractivity contribution < 1.29 is 4.79 Å². The van der Waals surface area contributed by atoms with Gasteiger partial charge in [-0.2, -0.15) is 0 Å². The summed E-state index contributed by atoms with van der Waals surface area (Å²) in [5.41, 5.74) is 4.51. The van der Waals surface area contributed by atoms with Gasteiger partial charge in [0.1, 0.15) is 0 Å². The van der Waals surface area contributed by atoms with Crippen LogP contribution >= 0.6 is 11.6 Å². The van der Waals surface area contributed by atoms with Gasteiger partial charge in [0.25, 0.3) is 0 Å². The number of carbonyl (C=O) groups is 1. The third-order valence-corrected chi connectivity index (χ3v) is 5.39. The van der Waals surface area contributed by atoms with Crippen molar-refractivity contribution in [3.63, 3.8) is 0 Å². The van der Waals surface area contributed by atoms with Crippen LogP contribution in [-0.2, 0) is 4.79 Å². The summed E-state index contributed by atoms with van der Waals surface area (Å²) >= 11 is 5.99. The molecule has 1 aliphatic rings. The second-order valence-electron chi connectivity index (χ2n) is 7.52. The molecule has 148 valence electrons. The van der Waals surface area contributed by atoms with Crippen LogP contribution < -0.4 is 5.32 Å². The Bertz CT molecular complexity index is 831. The third-order valence-electron chi connectivity index (χ3n) is 5.11. The molecule has 1 aromatic rings. The maximum Gasteiger partial charge on any atom is 0.223 e. The number of hydrogen-bond acceptors (Lipinski definition) is 1. The molecule has 2 rings (SSSR count). The van der Waals surface area contributed by atoms with Crippen LogP contribution in [0.4, 0.5) is 0 Å². The molecule has 0 spiro atoms. The van der Waals surface area contributed by atoms with E-state index in [0.29, 0.717) is 6.42 Å². The predicted molar refractivity (Wildman–Crippen MR) is 121 cm³/mol. The maximum absolute atomic E-state index is 12.8. The summed E-state index contributed by atoms with van der Waals surface area (Å²) in [4.78, 5) is 12.8. The van der Waals surface area contributed by atoms with Gasteiger partial charge in [0, 0.05) is 11.0 Å². The zero-order valence-corrected chi connectivity index (χ0v) is 17.8. The number of halogens is 1. The fourth-order valence-electron chi connectivity index (χ4n) is 3.40. The minimum atomic E-state index is -0.146. The largest absolute Gasteiger partial charge is 0.349 e. The molecule has 1 aromatic carbocycles. The molecule has 0 fully saturated rings. The molecule has 3 atom stereocenters. The van der Waals surface area contributed by atoms with Crippen LogP contribution in [0.1, 0.15) is 37.8 Å². The van der Waals surface area contributed by atoms with E-state index in [1.165, 1.54) is 11.1 Å². The number of rotatable bonds is 8. The van der Waals surface area contributed by atoms with Crippen molar-refractivity contribution in [3.05, 3.63) is 89.5 Å². The van der Waals surface area contributed by atoms with Gasteiger partial charge >= 0.3 is 0 Å². The molecule has 2 nitrogen and oxygen atoms in total. The molecule has 0 bridgehead atoms. The van der Waals surface area contributed by atoms with E-state index < -0.39 is 0 Å². The van der Waals surface area contributed by atoms with Crippen LogP contribution in [0.2, 0.25) is 0 Å². The number of carbonyl (C=O) groups excluding carboxylic acids is 1. The highest BCUT2D eigenvalue weighted by atomic mass is 35.5. The Balaban J connectivity index is 2.12. The van der Waals surface area contributed by atoms with Crippen molar-refractivity contribution in [2.24, 2.45) is 11.8 Å². The van der Waals surface area contributed by atoms with Gasteiger partial charge in [-0.3, -0.25) is 4.79 Å². The highest BCUT2D eigenvalue weighted by Gasteiger charge is 2.24. The highest BCUT2D eigenvalue weighted by molar-refractivity contribution is 6.31. The Morgan fingerprint density at radius 3 is 2.68 bits per heavy atom. The van der Waals surface area contributed by atoms with E-state index in [1.807, 2.05) is 50.3 Å². The van der Waals surface area contributed by atoms with Gasteiger partial charge in [0.15, 0.2) is 0 Å². The lowest BCUT2D eigenvalue weighted by Crippen LogP contribution is -2.39. The lowest BCUT2D eigenvalue weighted by molar-refractivity contribution is -0.125. The topological polar surface area (TPSA) is 29.1 Å². The molecule has 1 aliphatic carbocycles.